The second-order valence-corrected chi connectivity index (χ2v) is 8.04. The molecule has 0 bridgehead atoms. The lowest BCUT2D eigenvalue weighted by Crippen LogP contribution is -2.48. The molecule has 3 rings (SSSR count). The number of para-hydroxylation sites is 1. The Morgan fingerprint density at radius 1 is 1.04 bits per heavy atom. The fraction of sp³-hybridized carbons (Fsp3) is 0.600. The Morgan fingerprint density at radius 2 is 1.71 bits per heavy atom. The Balaban J connectivity index is 1.65. The number of carbonyl (C=O) groups is 2. The highest BCUT2D eigenvalue weighted by Crippen LogP contribution is 2.31. The van der Waals surface area contributed by atoms with Crippen molar-refractivity contribution in [3.8, 4) is 0 Å². The molecule has 0 atom stereocenters. The molecular weight excluding hydrogens is 300 g/mol. The number of rotatable bonds is 1. The highest BCUT2D eigenvalue weighted by Gasteiger charge is 2.35. The molecule has 0 aromatic heterocycles. The molecule has 0 aliphatic carbocycles. The molecule has 2 aliphatic heterocycles. The molecule has 2 amide bonds. The van der Waals surface area contributed by atoms with Crippen LogP contribution in [0.1, 0.15) is 45.6 Å². The van der Waals surface area contributed by atoms with Crippen LogP contribution in [0, 0.1) is 11.3 Å². The van der Waals surface area contributed by atoms with E-state index in [4.69, 9.17) is 0 Å². The van der Waals surface area contributed by atoms with Crippen molar-refractivity contribution in [3.05, 3.63) is 29.8 Å². The summed E-state index contributed by atoms with van der Waals surface area (Å²) in [7, 11) is 0. The van der Waals surface area contributed by atoms with Crippen LogP contribution in [0.3, 0.4) is 0 Å². The highest BCUT2D eigenvalue weighted by atomic mass is 16.2. The van der Waals surface area contributed by atoms with E-state index in [0.717, 1.165) is 37.9 Å². The predicted molar refractivity (Wildman–Crippen MR) is 95.9 cm³/mol. The van der Waals surface area contributed by atoms with Crippen molar-refractivity contribution in [2.24, 2.45) is 11.3 Å². The van der Waals surface area contributed by atoms with Crippen LogP contribution in [0.25, 0.3) is 0 Å². The summed E-state index contributed by atoms with van der Waals surface area (Å²) in [5, 5.41) is 0. The molecule has 130 valence electrons. The molecule has 4 nitrogen and oxygen atoms in total. The number of fused-ring (bicyclic) bond motifs is 1. The predicted octanol–water partition coefficient (Wildman–Crippen LogP) is 3.25. The minimum Gasteiger partial charge on any atom is -0.342 e. The quantitative estimate of drug-likeness (QED) is 0.794. The second kappa shape index (κ2) is 6.58. The second-order valence-electron chi connectivity index (χ2n) is 8.04. The lowest BCUT2D eigenvalue weighted by molar-refractivity contribution is -0.142. The minimum atomic E-state index is -0.345. The van der Waals surface area contributed by atoms with E-state index in [0.29, 0.717) is 13.1 Å². The smallest absolute Gasteiger partial charge is 0.230 e. The first-order valence-electron chi connectivity index (χ1n) is 9.06. The number of likely N-dealkylation sites (tertiary alicyclic amines) is 1. The third-order valence-electron chi connectivity index (χ3n) is 5.15. The Bertz CT molecular complexity index is 625. The summed E-state index contributed by atoms with van der Waals surface area (Å²) in [6.45, 7) is 8.08. The van der Waals surface area contributed by atoms with Gasteiger partial charge in [0.1, 0.15) is 0 Å². The molecule has 1 aromatic carbocycles. The monoisotopic (exact) mass is 328 g/mol. The van der Waals surface area contributed by atoms with E-state index in [1.165, 1.54) is 5.56 Å². The number of nitrogens with zero attached hydrogens (tertiary/aromatic N) is 2. The number of hydrogen-bond acceptors (Lipinski definition) is 2. The maximum absolute atomic E-state index is 13.0. The Labute approximate surface area is 144 Å². The number of hydrogen-bond donors (Lipinski definition) is 0. The molecule has 0 spiro atoms. The molecule has 1 fully saturated rings. The summed E-state index contributed by atoms with van der Waals surface area (Å²) in [6.07, 6.45) is 3.64. The number of benzene rings is 1. The van der Waals surface area contributed by atoms with E-state index in [2.05, 4.69) is 12.1 Å². The maximum Gasteiger partial charge on any atom is 0.230 e. The molecule has 0 saturated carbocycles. The van der Waals surface area contributed by atoms with E-state index in [9.17, 15) is 9.59 Å². The van der Waals surface area contributed by atoms with Gasteiger partial charge in [-0.25, -0.2) is 0 Å². The van der Waals surface area contributed by atoms with Crippen LogP contribution >= 0.6 is 0 Å². The Hall–Kier alpha value is -1.84. The first-order valence-corrected chi connectivity index (χ1v) is 9.06. The van der Waals surface area contributed by atoms with Crippen LogP contribution in [0.5, 0.6) is 0 Å². The topological polar surface area (TPSA) is 40.6 Å². The van der Waals surface area contributed by atoms with Crippen molar-refractivity contribution in [2.75, 3.05) is 24.5 Å². The third-order valence-corrected chi connectivity index (χ3v) is 5.15. The molecule has 0 N–H and O–H groups in total. The molecule has 0 radical (unpaired) electrons. The van der Waals surface area contributed by atoms with Crippen molar-refractivity contribution in [3.63, 3.8) is 0 Å². The van der Waals surface area contributed by atoms with Gasteiger partial charge in [0.2, 0.25) is 11.8 Å². The molecule has 24 heavy (non-hydrogen) atoms. The van der Waals surface area contributed by atoms with Crippen LogP contribution in [-0.4, -0.2) is 36.3 Å². The molecule has 0 unspecified atom stereocenters. The standard InChI is InChI=1S/C20H28N2O2/c1-20(2,3)19(24)21-13-10-16(11-14-21)18(23)22-12-6-8-15-7-4-5-9-17(15)22/h4-5,7,9,16H,6,8,10-14H2,1-3H3. The lowest BCUT2D eigenvalue weighted by Gasteiger charge is -2.38. The number of amides is 2. The molecule has 2 heterocycles. The average molecular weight is 328 g/mol. The van der Waals surface area contributed by atoms with E-state index in [1.54, 1.807) is 0 Å². The first-order chi connectivity index (χ1) is 11.4. The number of carbonyl (C=O) groups excluding carboxylic acids is 2. The SMILES string of the molecule is CC(C)(C)C(=O)N1CCC(C(=O)N2CCCc3ccccc32)CC1. The van der Waals surface area contributed by atoms with Gasteiger partial charge in [-0.15, -0.1) is 0 Å². The normalized spacial score (nSPS) is 19.1. The van der Waals surface area contributed by atoms with Crippen molar-refractivity contribution in [1.82, 2.24) is 4.90 Å². The van der Waals surface area contributed by atoms with Crippen LogP contribution in [0.4, 0.5) is 5.69 Å². The van der Waals surface area contributed by atoms with Gasteiger partial charge >= 0.3 is 0 Å². The van der Waals surface area contributed by atoms with Gasteiger partial charge in [-0.1, -0.05) is 39.0 Å². The summed E-state index contributed by atoms with van der Waals surface area (Å²) in [6, 6.07) is 8.24. The van der Waals surface area contributed by atoms with E-state index in [1.807, 2.05) is 42.7 Å². The summed E-state index contributed by atoms with van der Waals surface area (Å²) in [4.78, 5) is 29.3. The van der Waals surface area contributed by atoms with Gasteiger partial charge in [0, 0.05) is 36.7 Å². The summed E-state index contributed by atoms with van der Waals surface area (Å²) >= 11 is 0. The fourth-order valence-electron chi connectivity index (χ4n) is 3.79. The van der Waals surface area contributed by atoms with Crippen LogP contribution in [0.2, 0.25) is 0 Å². The summed E-state index contributed by atoms with van der Waals surface area (Å²) in [5.74, 6) is 0.474. The van der Waals surface area contributed by atoms with E-state index >= 15 is 0 Å². The highest BCUT2D eigenvalue weighted by molar-refractivity contribution is 5.96. The van der Waals surface area contributed by atoms with Crippen molar-refractivity contribution >= 4 is 17.5 Å². The van der Waals surface area contributed by atoms with Crippen LogP contribution in [0.15, 0.2) is 24.3 Å². The van der Waals surface area contributed by atoms with Crippen molar-refractivity contribution < 1.29 is 9.59 Å². The molecule has 2 aliphatic rings. The first kappa shape index (κ1) is 17.0. The summed E-state index contributed by atoms with van der Waals surface area (Å²) < 4.78 is 0. The fourth-order valence-corrected chi connectivity index (χ4v) is 3.79. The van der Waals surface area contributed by atoms with Crippen molar-refractivity contribution in [2.45, 2.75) is 46.5 Å². The lowest BCUT2D eigenvalue weighted by atomic mass is 9.90. The molecule has 1 saturated heterocycles. The number of aryl methyl sites for hydroxylation is 1. The molecule has 1 aromatic rings. The van der Waals surface area contributed by atoms with Gasteiger partial charge < -0.3 is 9.80 Å². The number of piperidine rings is 1. The van der Waals surface area contributed by atoms with Crippen LogP contribution < -0.4 is 4.90 Å². The zero-order valence-corrected chi connectivity index (χ0v) is 15.0. The Morgan fingerprint density at radius 3 is 2.38 bits per heavy atom. The zero-order chi connectivity index (χ0) is 17.3. The van der Waals surface area contributed by atoms with E-state index in [-0.39, 0.29) is 23.1 Å². The largest absolute Gasteiger partial charge is 0.342 e. The third kappa shape index (κ3) is 3.33. The Kier molecular flexibility index (Phi) is 4.66. The van der Waals surface area contributed by atoms with Crippen molar-refractivity contribution in [1.29, 1.82) is 0 Å². The summed E-state index contributed by atoms with van der Waals surface area (Å²) in [5.41, 5.74) is 2.02. The molecular formula is C20H28N2O2. The van der Waals surface area contributed by atoms with Gasteiger partial charge in [0.15, 0.2) is 0 Å². The average Bonchev–Trinajstić information content (AvgIpc) is 2.59. The van der Waals surface area contributed by atoms with Gasteiger partial charge in [0.05, 0.1) is 0 Å². The zero-order valence-electron chi connectivity index (χ0n) is 15.0. The van der Waals surface area contributed by atoms with Gasteiger partial charge in [-0.2, -0.15) is 0 Å². The number of anilines is 1. The molecule has 4 heteroatoms. The van der Waals surface area contributed by atoms with E-state index < -0.39 is 0 Å². The van der Waals surface area contributed by atoms with Gasteiger partial charge in [-0.3, -0.25) is 9.59 Å². The minimum absolute atomic E-state index is 0.0418. The maximum atomic E-state index is 13.0. The van der Waals surface area contributed by atoms with Crippen LogP contribution in [-0.2, 0) is 16.0 Å². The van der Waals surface area contributed by atoms with Gasteiger partial charge in [-0.05, 0) is 37.3 Å². The van der Waals surface area contributed by atoms with Gasteiger partial charge in [0.25, 0.3) is 0 Å².